The number of halogens is 2. The first-order valence-corrected chi connectivity index (χ1v) is 17.1. The van der Waals surface area contributed by atoms with E-state index in [1.807, 2.05) is 55.5 Å². The maximum absolute atomic E-state index is 13.0. The van der Waals surface area contributed by atoms with Crippen LogP contribution >= 0.6 is 23.2 Å². The van der Waals surface area contributed by atoms with E-state index in [0.29, 0.717) is 61.8 Å². The second-order valence-electron chi connectivity index (χ2n) is 11.4. The van der Waals surface area contributed by atoms with Gasteiger partial charge in [-0.05, 0) is 106 Å². The molecule has 0 spiro atoms. The Morgan fingerprint density at radius 3 is 1.77 bits per heavy atom. The van der Waals surface area contributed by atoms with Gasteiger partial charge < -0.3 is 24.4 Å². The zero-order chi connectivity index (χ0) is 37.7. The number of ether oxygens (including phenoxy) is 1. The van der Waals surface area contributed by atoms with Gasteiger partial charge >= 0.3 is 0 Å². The summed E-state index contributed by atoms with van der Waals surface area (Å²) in [7, 11) is 0. The minimum Gasteiger partial charge on any atom is -0.494 e. The molecule has 2 N–H and O–H groups in total. The highest BCUT2D eigenvalue weighted by Crippen LogP contribution is 2.26. The van der Waals surface area contributed by atoms with Crippen molar-refractivity contribution in [2.75, 3.05) is 17.2 Å². The van der Waals surface area contributed by atoms with Crippen LogP contribution in [0.4, 0.5) is 11.4 Å². The zero-order valence-electron chi connectivity index (χ0n) is 29.0. The molecule has 0 aliphatic carbocycles. The lowest BCUT2D eigenvalue weighted by Crippen LogP contribution is -2.05. The lowest BCUT2D eigenvalue weighted by molar-refractivity contribution is 0.104. The first kappa shape index (κ1) is 37.9. The Morgan fingerprint density at radius 1 is 0.755 bits per heavy atom. The number of rotatable bonds is 12. The third-order valence-corrected chi connectivity index (χ3v) is 8.07. The first-order valence-electron chi connectivity index (χ1n) is 16.3. The van der Waals surface area contributed by atoms with Crippen LogP contribution < -0.4 is 15.4 Å². The monoisotopic (exact) mass is 744 g/mol. The van der Waals surface area contributed by atoms with Crippen molar-refractivity contribution in [2.45, 2.75) is 20.8 Å². The van der Waals surface area contributed by atoms with Crippen LogP contribution in [0, 0.1) is 26.2 Å². The van der Waals surface area contributed by atoms with Crippen LogP contribution in [0.3, 0.4) is 0 Å². The molecule has 4 aromatic carbocycles. The molecule has 6 aromatic rings. The fourth-order valence-electron chi connectivity index (χ4n) is 4.81. The normalized spacial score (nSPS) is 11.2. The largest absolute Gasteiger partial charge is 0.494 e. The number of aromatic nitrogens is 2. The van der Waals surface area contributed by atoms with E-state index in [4.69, 9.17) is 43.4 Å². The maximum atomic E-state index is 13.0. The van der Waals surface area contributed by atoms with E-state index in [1.165, 1.54) is 0 Å². The van der Waals surface area contributed by atoms with Gasteiger partial charge in [0.2, 0.25) is 0 Å². The summed E-state index contributed by atoms with van der Waals surface area (Å²) in [6, 6.07) is 31.7. The van der Waals surface area contributed by atoms with E-state index in [0.717, 1.165) is 22.7 Å². The molecule has 2 heterocycles. The molecule has 0 unspecified atom stereocenters. The lowest BCUT2D eigenvalue weighted by Gasteiger charge is -2.08. The van der Waals surface area contributed by atoms with E-state index < -0.39 is 0 Å². The van der Waals surface area contributed by atoms with Gasteiger partial charge in [-0.3, -0.25) is 9.59 Å². The summed E-state index contributed by atoms with van der Waals surface area (Å²) < 4.78 is 16.0. The second-order valence-corrected chi connectivity index (χ2v) is 12.2. The van der Waals surface area contributed by atoms with Crippen LogP contribution in [0.25, 0.3) is 11.1 Å². The highest BCUT2D eigenvalue weighted by molar-refractivity contribution is 6.39. The predicted molar refractivity (Wildman–Crippen MR) is 209 cm³/mol. The fraction of sp³-hybridized carbons (Fsp3) is 0.0952. The van der Waals surface area contributed by atoms with Crippen molar-refractivity contribution in [3.05, 3.63) is 171 Å². The number of carbonyl (C=O) groups is 2. The number of hydrogen-bond acceptors (Lipinski definition) is 9. The highest BCUT2D eigenvalue weighted by Gasteiger charge is 2.21. The van der Waals surface area contributed by atoms with Crippen LogP contribution in [0.5, 0.6) is 5.75 Å². The van der Waals surface area contributed by atoms with Crippen LogP contribution in [-0.2, 0) is 0 Å². The minimum absolute atomic E-state index is 0.203. The number of aryl methyl sites for hydroxylation is 2. The quantitative estimate of drug-likeness (QED) is 0.0717. The highest BCUT2D eigenvalue weighted by atomic mass is 35.5. The Hall–Kier alpha value is -6.34. The van der Waals surface area contributed by atoms with Crippen molar-refractivity contribution in [1.82, 2.24) is 10.3 Å². The third kappa shape index (κ3) is 10.4. The van der Waals surface area contributed by atoms with Gasteiger partial charge in [-0.15, -0.1) is 6.42 Å². The molecule has 0 atom stereocenters. The molecule has 9 nitrogen and oxygen atoms in total. The molecule has 0 radical (unpaired) electrons. The Morgan fingerprint density at radius 2 is 1.28 bits per heavy atom. The Labute approximate surface area is 317 Å². The number of ketones is 2. The third-order valence-electron chi connectivity index (χ3n) is 7.48. The molecule has 0 saturated carbocycles. The van der Waals surface area contributed by atoms with Gasteiger partial charge in [0, 0.05) is 57.6 Å². The van der Waals surface area contributed by atoms with Gasteiger partial charge in [0.25, 0.3) is 0 Å². The summed E-state index contributed by atoms with van der Waals surface area (Å²) in [5.74, 6) is 3.64. The number of Topliss-reactive ketones (excluding diaryl/α,β-unsaturated/α-hetero) is 2. The molecule has 2 aromatic heterocycles. The van der Waals surface area contributed by atoms with Gasteiger partial charge in [0.15, 0.2) is 23.1 Å². The number of carbonyl (C=O) groups excluding carboxylic acids is 2. The number of hydrogen-bond donors (Lipinski definition) is 2. The van der Waals surface area contributed by atoms with Crippen LogP contribution in [0.2, 0.25) is 10.0 Å². The molecule has 0 aliphatic rings. The van der Waals surface area contributed by atoms with Crippen molar-refractivity contribution in [3.63, 3.8) is 0 Å². The van der Waals surface area contributed by atoms with Crippen molar-refractivity contribution >= 4 is 57.3 Å². The van der Waals surface area contributed by atoms with Crippen LogP contribution in [-0.4, -0.2) is 28.5 Å². The molecule has 0 fully saturated rings. The summed E-state index contributed by atoms with van der Waals surface area (Å²) >= 11 is 12.1. The topological polar surface area (TPSA) is 119 Å². The van der Waals surface area contributed by atoms with Gasteiger partial charge in [0.05, 0.1) is 34.2 Å². The van der Waals surface area contributed by atoms with Crippen molar-refractivity contribution in [3.8, 4) is 18.1 Å². The maximum Gasteiger partial charge on any atom is 0.199 e. The van der Waals surface area contributed by atoms with Crippen molar-refractivity contribution in [1.29, 1.82) is 0 Å². The number of anilines is 2. The summed E-state index contributed by atoms with van der Waals surface area (Å²) in [5, 5.41) is 14.9. The molecule has 0 aliphatic heterocycles. The fourth-order valence-corrected chi connectivity index (χ4v) is 5.16. The van der Waals surface area contributed by atoms with Gasteiger partial charge in [-0.1, -0.05) is 51.6 Å². The molecular formula is C42H34Cl2N4O5. The van der Waals surface area contributed by atoms with Crippen LogP contribution in [0.1, 0.15) is 56.1 Å². The van der Waals surface area contributed by atoms with Gasteiger partial charge in [-0.2, -0.15) is 0 Å². The number of terminal acetylenes is 1. The summed E-state index contributed by atoms with van der Waals surface area (Å²) in [4.78, 5) is 26.0. The average molecular weight is 746 g/mol. The van der Waals surface area contributed by atoms with Crippen molar-refractivity contribution in [2.24, 2.45) is 0 Å². The molecule has 0 saturated heterocycles. The SMILES string of the molecule is C#Cc1ccc(N/C=C(/C(=O)c2ccc(Cl)cc2)c2cc(C)no2)cc1.CCOc1ccc(N/C=C(/C(=O)c2ccccc2Cl)c2cc(C)no2)cc1. The molecular weight excluding hydrogens is 711 g/mol. The number of benzene rings is 4. The molecule has 53 heavy (non-hydrogen) atoms. The summed E-state index contributed by atoms with van der Waals surface area (Å²) in [5.41, 5.74) is 5.33. The van der Waals surface area contributed by atoms with Crippen molar-refractivity contribution < 1.29 is 23.4 Å². The smallest absolute Gasteiger partial charge is 0.199 e. The molecule has 0 amide bonds. The standard InChI is InChI=1S/C21H19ClN2O3.C21H15ClN2O2/c1-3-26-16-10-8-15(9-11-16)23-13-18(20-12-14(2)24-27-20)21(25)17-6-4-5-7-19(17)22;1-3-15-4-10-18(11-5-15)23-13-19(20-12-14(2)24-26-20)21(25)16-6-8-17(22)9-7-16/h4-13,23H,3H2,1-2H3;1,4-13,23H,2H3/b18-13+;19-13+. The number of nitrogens with zero attached hydrogens (tertiary/aromatic N) is 2. The van der Waals surface area contributed by atoms with E-state index in [-0.39, 0.29) is 11.6 Å². The van der Waals surface area contributed by atoms with E-state index in [2.05, 4.69) is 26.9 Å². The van der Waals surface area contributed by atoms with E-state index in [9.17, 15) is 9.59 Å². The Bertz CT molecular complexity index is 2280. The van der Waals surface area contributed by atoms with Gasteiger partial charge in [0.1, 0.15) is 5.75 Å². The van der Waals surface area contributed by atoms with Gasteiger partial charge in [-0.25, -0.2) is 0 Å². The average Bonchev–Trinajstić information content (AvgIpc) is 3.81. The molecule has 0 bridgehead atoms. The second kappa shape index (κ2) is 18.2. The lowest BCUT2D eigenvalue weighted by atomic mass is 10.0. The Balaban J connectivity index is 0.000000204. The first-order chi connectivity index (χ1) is 25.6. The number of allylic oxidation sites excluding steroid dienone is 2. The summed E-state index contributed by atoms with van der Waals surface area (Å²) in [6.07, 6.45) is 8.56. The summed E-state index contributed by atoms with van der Waals surface area (Å²) in [6.45, 7) is 6.13. The predicted octanol–water partition coefficient (Wildman–Crippen LogP) is 10.3. The van der Waals surface area contributed by atoms with E-state index in [1.54, 1.807) is 86.9 Å². The van der Waals surface area contributed by atoms with Crippen LogP contribution in [0.15, 0.2) is 131 Å². The number of nitrogens with one attached hydrogen (secondary N) is 2. The molecule has 266 valence electrons. The Kier molecular flexibility index (Phi) is 13.0. The van der Waals surface area contributed by atoms with E-state index >= 15 is 0 Å². The zero-order valence-corrected chi connectivity index (χ0v) is 30.5. The minimum atomic E-state index is -0.254. The molecule has 6 rings (SSSR count). The molecule has 11 heteroatoms.